The van der Waals surface area contributed by atoms with Crippen LogP contribution in [0.5, 0.6) is 5.75 Å². The number of carbonyl (C=O) groups is 1. The van der Waals surface area contributed by atoms with Crippen molar-refractivity contribution in [2.45, 2.75) is 19.9 Å². The van der Waals surface area contributed by atoms with Crippen molar-refractivity contribution in [1.29, 1.82) is 0 Å². The molecule has 0 radical (unpaired) electrons. The van der Waals surface area contributed by atoms with E-state index >= 15 is 0 Å². The third kappa shape index (κ3) is 4.74. The van der Waals surface area contributed by atoms with E-state index in [1.807, 2.05) is 18.2 Å². The van der Waals surface area contributed by atoms with Gasteiger partial charge in [0.1, 0.15) is 15.8 Å². The van der Waals surface area contributed by atoms with Crippen LogP contribution in [0.1, 0.15) is 17.4 Å². The standard InChI is InChI=1S/C24H21Cl2N3O2S2/c1-2-29-10-9-15-20(12-29)33-24(22(15)23-27-17-5-3-4-6-19(17)32-23)28-21(30)13-31-18-8-7-14(25)11-16(18)26/h3-8,11H,2,9-10,12-13H2,1H3,(H,28,30). The van der Waals surface area contributed by atoms with Gasteiger partial charge in [0.25, 0.3) is 5.91 Å². The van der Waals surface area contributed by atoms with Gasteiger partial charge in [0.05, 0.1) is 15.2 Å². The van der Waals surface area contributed by atoms with Crippen molar-refractivity contribution in [1.82, 2.24) is 9.88 Å². The SMILES string of the molecule is CCN1CCc2c(sc(NC(=O)COc3ccc(Cl)cc3Cl)c2-c2nc3ccccc3s2)C1. The van der Waals surface area contributed by atoms with E-state index in [2.05, 4.69) is 23.2 Å². The summed E-state index contributed by atoms with van der Waals surface area (Å²) in [5.74, 6) is 0.181. The van der Waals surface area contributed by atoms with E-state index in [1.165, 1.54) is 10.4 Å². The molecule has 0 unspecified atom stereocenters. The first-order valence-corrected chi connectivity index (χ1v) is 13.0. The molecule has 1 aliphatic rings. The number of benzene rings is 2. The van der Waals surface area contributed by atoms with Crippen molar-refractivity contribution in [2.24, 2.45) is 0 Å². The Balaban J connectivity index is 1.43. The van der Waals surface area contributed by atoms with Gasteiger partial charge in [0, 0.05) is 28.6 Å². The van der Waals surface area contributed by atoms with Crippen LogP contribution < -0.4 is 10.1 Å². The zero-order valence-corrected chi connectivity index (χ0v) is 21.0. The van der Waals surface area contributed by atoms with Gasteiger partial charge in [-0.1, -0.05) is 42.3 Å². The second kappa shape index (κ2) is 9.60. The Morgan fingerprint density at radius 1 is 1.21 bits per heavy atom. The lowest BCUT2D eigenvalue weighted by Gasteiger charge is -2.25. The number of fused-ring (bicyclic) bond motifs is 2. The molecule has 1 N–H and O–H groups in total. The second-order valence-corrected chi connectivity index (χ2v) is 10.7. The van der Waals surface area contributed by atoms with E-state index in [9.17, 15) is 4.79 Å². The van der Waals surface area contributed by atoms with Gasteiger partial charge >= 0.3 is 0 Å². The molecule has 9 heteroatoms. The van der Waals surface area contributed by atoms with Crippen LogP contribution in [0.3, 0.4) is 0 Å². The second-order valence-electron chi connectivity index (χ2n) is 7.73. The minimum Gasteiger partial charge on any atom is -0.482 e. The van der Waals surface area contributed by atoms with Crippen molar-refractivity contribution >= 4 is 67.0 Å². The van der Waals surface area contributed by atoms with E-state index in [4.69, 9.17) is 32.9 Å². The van der Waals surface area contributed by atoms with Gasteiger partial charge in [-0.3, -0.25) is 9.69 Å². The summed E-state index contributed by atoms with van der Waals surface area (Å²) in [7, 11) is 0. The number of anilines is 1. The van der Waals surface area contributed by atoms with E-state index in [0.717, 1.165) is 51.8 Å². The first-order chi connectivity index (χ1) is 16.0. The Labute approximate surface area is 209 Å². The molecule has 5 nitrogen and oxygen atoms in total. The van der Waals surface area contributed by atoms with Crippen LogP contribution in [0.25, 0.3) is 20.8 Å². The normalized spacial score (nSPS) is 13.8. The van der Waals surface area contributed by atoms with E-state index in [-0.39, 0.29) is 12.5 Å². The van der Waals surface area contributed by atoms with Gasteiger partial charge in [0.2, 0.25) is 0 Å². The molecule has 0 bridgehead atoms. The zero-order chi connectivity index (χ0) is 22.9. The monoisotopic (exact) mass is 517 g/mol. The minimum atomic E-state index is -0.241. The van der Waals surface area contributed by atoms with Gasteiger partial charge < -0.3 is 10.1 Å². The molecule has 0 atom stereocenters. The lowest BCUT2D eigenvalue weighted by Crippen LogP contribution is -2.29. The largest absolute Gasteiger partial charge is 0.482 e. The number of hydrogen-bond donors (Lipinski definition) is 1. The highest BCUT2D eigenvalue weighted by Crippen LogP contribution is 2.45. The predicted molar refractivity (Wildman–Crippen MR) is 138 cm³/mol. The smallest absolute Gasteiger partial charge is 0.262 e. The Bertz CT molecular complexity index is 1300. The zero-order valence-electron chi connectivity index (χ0n) is 17.9. The molecule has 0 aliphatic carbocycles. The first kappa shape index (κ1) is 22.6. The fourth-order valence-corrected chi connectivity index (χ4v) is 6.80. The number of carbonyl (C=O) groups excluding carboxylic acids is 1. The third-order valence-corrected chi connectivity index (χ3v) is 8.31. The van der Waals surface area contributed by atoms with Crippen LogP contribution in [0.4, 0.5) is 5.00 Å². The van der Waals surface area contributed by atoms with Crippen LogP contribution in [-0.4, -0.2) is 35.5 Å². The van der Waals surface area contributed by atoms with Crippen molar-refractivity contribution in [3.05, 3.63) is 63.0 Å². The molecule has 0 saturated carbocycles. The maximum atomic E-state index is 12.8. The molecular weight excluding hydrogens is 497 g/mol. The lowest BCUT2D eigenvalue weighted by atomic mass is 10.0. The molecule has 170 valence electrons. The van der Waals surface area contributed by atoms with Gasteiger partial charge in [-0.25, -0.2) is 4.98 Å². The Morgan fingerprint density at radius 3 is 2.85 bits per heavy atom. The van der Waals surface area contributed by atoms with Crippen LogP contribution in [-0.2, 0) is 17.8 Å². The number of rotatable bonds is 6. The fourth-order valence-electron chi connectivity index (χ4n) is 3.92. The maximum Gasteiger partial charge on any atom is 0.262 e. The number of thiophene rings is 1. The molecule has 4 aromatic rings. The lowest BCUT2D eigenvalue weighted by molar-refractivity contribution is -0.118. The van der Waals surface area contributed by atoms with E-state index in [1.54, 1.807) is 40.9 Å². The number of halogens is 2. The minimum absolute atomic E-state index is 0.149. The van der Waals surface area contributed by atoms with Crippen molar-refractivity contribution < 1.29 is 9.53 Å². The Hall–Kier alpha value is -2.16. The summed E-state index contributed by atoms with van der Waals surface area (Å²) in [5.41, 5.74) is 3.31. The van der Waals surface area contributed by atoms with Crippen LogP contribution in [0.2, 0.25) is 10.0 Å². The number of amides is 1. The molecule has 0 spiro atoms. The highest BCUT2D eigenvalue weighted by atomic mass is 35.5. The van der Waals surface area contributed by atoms with Gasteiger partial charge in [-0.2, -0.15) is 0 Å². The van der Waals surface area contributed by atoms with Gasteiger partial charge in [-0.15, -0.1) is 22.7 Å². The molecule has 2 aromatic carbocycles. The van der Waals surface area contributed by atoms with Crippen LogP contribution in [0, 0.1) is 0 Å². The summed E-state index contributed by atoms with van der Waals surface area (Å²) in [6.07, 6.45) is 0.942. The van der Waals surface area contributed by atoms with E-state index in [0.29, 0.717) is 15.8 Å². The number of likely N-dealkylation sites (N-methyl/N-ethyl adjacent to an activating group) is 1. The predicted octanol–water partition coefficient (Wildman–Crippen LogP) is 6.73. The van der Waals surface area contributed by atoms with Crippen molar-refractivity contribution in [3.8, 4) is 16.3 Å². The summed E-state index contributed by atoms with van der Waals surface area (Å²) in [6, 6.07) is 13.1. The Morgan fingerprint density at radius 2 is 2.06 bits per heavy atom. The maximum absolute atomic E-state index is 12.8. The number of ether oxygens (including phenoxy) is 1. The highest BCUT2D eigenvalue weighted by molar-refractivity contribution is 7.22. The Kier molecular flexibility index (Phi) is 6.58. The molecule has 2 aromatic heterocycles. The molecule has 1 amide bonds. The quantitative estimate of drug-likeness (QED) is 0.308. The van der Waals surface area contributed by atoms with Crippen molar-refractivity contribution in [3.63, 3.8) is 0 Å². The topological polar surface area (TPSA) is 54.5 Å². The summed E-state index contributed by atoms with van der Waals surface area (Å²) in [6.45, 7) is 4.93. The van der Waals surface area contributed by atoms with Gasteiger partial charge in [0.15, 0.2) is 6.61 Å². The molecule has 0 fully saturated rings. The number of nitrogens with zero attached hydrogens (tertiary/aromatic N) is 2. The van der Waals surface area contributed by atoms with Gasteiger partial charge in [-0.05, 0) is 48.9 Å². The number of hydrogen-bond acceptors (Lipinski definition) is 6. The summed E-state index contributed by atoms with van der Waals surface area (Å²) < 4.78 is 6.77. The summed E-state index contributed by atoms with van der Waals surface area (Å²) >= 11 is 15.4. The average molecular weight is 518 g/mol. The number of para-hydroxylation sites is 1. The summed E-state index contributed by atoms with van der Waals surface area (Å²) in [5, 5.41) is 5.73. The molecule has 33 heavy (non-hydrogen) atoms. The van der Waals surface area contributed by atoms with Crippen molar-refractivity contribution in [2.75, 3.05) is 25.0 Å². The van der Waals surface area contributed by atoms with E-state index < -0.39 is 0 Å². The average Bonchev–Trinajstić information content (AvgIpc) is 3.38. The highest BCUT2D eigenvalue weighted by Gasteiger charge is 2.27. The number of thiazole rings is 1. The van der Waals surface area contributed by atoms with Crippen LogP contribution in [0.15, 0.2) is 42.5 Å². The summed E-state index contributed by atoms with van der Waals surface area (Å²) in [4.78, 5) is 21.4. The molecule has 1 aliphatic heterocycles. The first-order valence-electron chi connectivity index (χ1n) is 10.6. The number of aromatic nitrogens is 1. The third-order valence-electron chi connectivity index (χ3n) is 5.60. The molecular formula is C24H21Cl2N3O2S2. The fraction of sp³-hybridized carbons (Fsp3) is 0.250. The number of nitrogens with one attached hydrogen (secondary N) is 1. The molecule has 5 rings (SSSR count). The molecule has 3 heterocycles. The molecule has 0 saturated heterocycles. The van der Waals surface area contributed by atoms with Crippen LogP contribution >= 0.6 is 45.9 Å².